The van der Waals surface area contributed by atoms with Crippen LogP contribution in [0.25, 0.3) is 0 Å². The molecule has 0 heterocycles. The summed E-state index contributed by atoms with van der Waals surface area (Å²) in [4.78, 5) is 11.4. The molecule has 0 aromatic heterocycles. The molecule has 1 fully saturated rings. The second-order valence-electron chi connectivity index (χ2n) is 4.70. The lowest BCUT2D eigenvalue weighted by atomic mass is 9.81. The minimum absolute atomic E-state index is 0.228. The number of carbonyl (C=O) groups excluding carboxylic acids is 1. The fourth-order valence-electron chi connectivity index (χ4n) is 2.44. The van der Waals surface area contributed by atoms with E-state index in [4.69, 9.17) is 4.74 Å². The summed E-state index contributed by atoms with van der Waals surface area (Å²) in [5, 5.41) is 0. The Labute approximate surface area is 102 Å². The number of ketones is 1. The lowest BCUT2D eigenvalue weighted by Gasteiger charge is -2.23. The van der Waals surface area contributed by atoms with Crippen molar-refractivity contribution in [3.05, 3.63) is 41.5 Å². The SMILES string of the molecule is C=C1CC(c2ccc(OC)c(C)c2)CCC1=O. The van der Waals surface area contributed by atoms with Crippen LogP contribution in [0.1, 0.15) is 36.3 Å². The van der Waals surface area contributed by atoms with Crippen LogP contribution in [-0.2, 0) is 4.79 Å². The molecule has 1 saturated carbocycles. The van der Waals surface area contributed by atoms with Gasteiger partial charge in [0.2, 0.25) is 0 Å². The molecule has 2 nitrogen and oxygen atoms in total. The standard InChI is InChI=1S/C15H18O2/c1-10-8-12(4-6-14(10)16)13-5-7-15(17-3)11(2)9-13/h5,7,9,12H,1,4,6,8H2,2-3H3. The van der Waals surface area contributed by atoms with E-state index in [0.717, 1.165) is 29.7 Å². The largest absolute Gasteiger partial charge is 0.496 e. The number of rotatable bonds is 2. The van der Waals surface area contributed by atoms with Gasteiger partial charge in [0.05, 0.1) is 7.11 Å². The van der Waals surface area contributed by atoms with Gasteiger partial charge in [0.25, 0.3) is 0 Å². The fraction of sp³-hybridized carbons (Fsp3) is 0.400. The molecule has 1 aromatic carbocycles. The first-order valence-corrected chi connectivity index (χ1v) is 5.97. The molecule has 1 aliphatic rings. The Morgan fingerprint density at radius 2 is 2.18 bits per heavy atom. The van der Waals surface area contributed by atoms with Crippen molar-refractivity contribution in [3.8, 4) is 5.75 Å². The molecule has 0 N–H and O–H groups in total. The summed E-state index contributed by atoms with van der Waals surface area (Å²) < 4.78 is 5.25. The molecule has 0 amide bonds. The molecule has 1 unspecified atom stereocenters. The number of ether oxygens (including phenoxy) is 1. The maximum absolute atomic E-state index is 11.4. The number of hydrogen-bond acceptors (Lipinski definition) is 2. The molecule has 2 heteroatoms. The second-order valence-corrected chi connectivity index (χ2v) is 4.70. The number of Topliss-reactive ketones (excluding diaryl/α,β-unsaturated/α-hetero) is 1. The fourth-order valence-corrected chi connectivity index (χ4v) is 2.44. The van der Waals surface area contributed by atoms with Crippen molar-refractivity contribution in [3.63, 3.8) is 0 Å². The summed E-state index contributed by atoms with van der Waals surface area (Å²) in [6, 6.07) is 6.26. The van der Waals surface area contributed by atoms with Crippen molar-refractivity contribution in [2.75, 3.05) is 7.11 Å². The third-order valence-electron chi connectivity index (χ3n) is 3.50. The summed E-state index contributed by atoms with van der Waals surface area (Å²) in [6.07, 6.45) is 2.36. The van der Waals surface area contributed by atoms with Gasteiger partial charge in [-0.1, -0.05) is 18.7 Å². The van der Waals surface area contributed by atoms with E-state index in [1.807, 2.05) is 13.0 Å². The minimum atomic E-state index is 0.228. The molecule has 1 aromatic rings. The topological polar surface area (TPSA) is 26.3 Å². The number of methoxy groups -OCH3 is 1. The first-order chi connectivity index (χ1) is 8.11. The third kappa shape index (κ3) is 2.41. The molecule has 2 rings (SSSR count). The summed E-state index contributed by atoms with van der Waals surface area (Å²) in [6.45, 7) is 5.90. The molecule has 0 aliphatic heterocycles. The number of allylic oxidation sites excluding steroid dienone is 1. The van der Waals surface area contributed by atoms with E-state index in [-0.39, 0.29) is 5.78 Å². The molecule has 17 heavy (non-hydrogen) atoms. The lowest BCUT2D eigenvalue weighted by molar-refractivity contribution is -0.116. The van der Waals surface area contributed by atoms with Gasteiger partial charge in [-0.3, -0.25) is 4.79 Å². The quantitative estimate of drug-likeness (QED) is 0.728. The predicted octanol–water partition coefficient (Wildman–Crippen LogP) is 3.40. The summed E-state index contributed by atoms with van der Waals surface area (Å²) in [5.41, 5.74) is 3.21. The van der Waals surface area contributed by atoms with Gasteiger partial charge < -0.3 is 4.74 Å². The first-order valence-electron chi connectivity index (χ1n) is 5.97. The van der Waals surface area contributed by atoms with E-state index in [0.29, 0.717) is 12.3 Å². The molecule has 90 valence electrons. The normalized spacial score (nSPS) is 20.5. The first kappa shape index (κ1) is 11.9. The van der Waals surface area contributed by atoms with Crippen LogP contribution in [0.5, 0.6) is 5.75 Å². The van der Waals surface area contributed by atoms with Crippen LogP contribution < -0.4 is 4.74 Å². The molecule has 0 saturated heterocycles. The van der Waals surface area contributed by atoms with Crippen LogP contribution in [0.3, 0.4) is 0 Å². The molecule has 1 atom stereocenters. The van der Waals surface area contributed by atoms with Crippen molar-refractivity contribution in [2.45, 2.75) is 32.1 Å². The zero-order valence-corrected chi connectivity index (χ0v) is 10.5. The highest BCUT2D eigenvalue weighted by Crippen LogP contribution is 2.35. The van der Waals surface area contributed by atoms with E-state index in [1.165, 1.54) is 5.56 Å². The number of benzene rings is 1. The van der Waals surface area contributed by atoms with Gasteiger partial charge in [-0.2, -0.15) is 0 Å². The van der Waals surface area contributed by atoms with Crippen LogP contribution in [-0.4, -0.2) is 12.9 Å². The molecule has 0 radical (unpaired) electrons. The highest BCUT2D eigenvalue weighted by molar-refractivity contribution is 5.95. The third-order valence-corrected chi connectivity index (χ3v) is 3.50. The Morgan fingerprint density at radius 3 is 2.76 bits per heavy atom. The van der Waals surface area contributed by atoms with E-state index in [2.05, 4.69) is 18.7 Å². The van der Waals surface area contributed by atoms with Gasteiger partial charge in [-0.15, -0.1) is 0 Å². The van der Waals surface area contributed by atoms with Gasteiger partial charge in [-0.05, 0) is 48.4 Å². The molecular weight excluding hydrogens is 212 g/mol. The van der Waals surface area contributed by atoms with E-state index < -0.39 is 0 Å². The van der Waals surface area contributed by atoms with Crippen molar-refractivity contribution in [1.82, 2.24) is 0 Å². The minimum Gasteiger partial charge on any atom is -0.496 e. The Hall–Kier alpha value is -1.57. The molecule has 0 spiro atoms. The Balaban J connectivity index is 2.20. The van der Waals surface area contributed by atoms with Crippen LogP contribution in [0.4, 0.5) is 0 Å². The molecule has 0 bridgehead atoms. The van der Waals surface area contributed by atoms with Crippen molar-refractivity contribution >= 4 is 5.78 Å². The zero-order valence-electron chi connectivity index (χ0n) is 10.5. The smallest absolute Gasteiger partial charge is 0.158 e. The highest BCUT2D eigenvalue weighted by Gasteiger charge is 2.23. The predicted molar refractivity (Wildman–Crippen MR) is 68.5 cm³/mol. The van der Waals surface area contributed by atoms with Crippen molar-refractivity contribution in [2.24, 2.45) is 0 Å². The van der Waals surface area contributed by atoms with Gasteiger partial charge in [-0.25, -0.2) is 0 Å². The molecular formula is C15H18O2. The lowest BCUT2D eigenvalue weighted by Crippen LogP contribution is -2.15. The van der Waals surface area contributed by atoms with Gasteiger partial charge in [0.1, 0.15) is 5.75 Å². The van der Waals surface area contributed by atoms with E-state index >= 15 is 0 Å². The number of hydrogen-bond donors (Lipinski definition) is 0. The van der Waals surface area contributed by atoms with Crippen molar-refractivity contribution in [1.29, 1.82) is 0 Å². The van der Waals surface area contributed by atoms with Crippen LogP contribution in [0.2, 0.25) is 0 Å². The van der Waals surface area contributed by atoms with Gasteiger partial charge >= 0.3 is 0 Å². The van der Waals surface area contributed by atoms with Gasteiger partial charge in [0, 0.05) is 6.42 Å². The average molecular weight is 230 g/mol. The highest BCUT2D eigenvalue weighted by atomic mass is 16.5. The van der Waals surface area contributed by atoms with Crippen LogP contribution >= 0.6 is 0 Å². The second kappa shape index (κ2) is 4.74. The summed E-state index contributed by atoms with van der Waals surface area (Å²) in [7, 11) is 1.68. The zero-order chi connectivity index (χ0) is 12.4. The van der Waals surface area contributed by atoms with Crippen molar-refractivity contribution < 1.29 is 9.53 Å². The average Bonchev–Trinajstić information content (AvgIpc) is 2.32. The number of carbonyl (C=O) groups is 1. The van der Waals surface area contributed by atoms with Crippen LogP contribution in [0, 0.1) is 6.92 Å². The Morgan fingerprint density at radius 1 is 1.41 bits per heavy atom. The summed E-state index contributed by atoms with van der Waals surface area (Å²) in [5.74, 6) is 1.58. The van der Waals surface area contributed by atoms with Crippen LogP contribution in [0.15, 0.2) is 30.4 Å². The Bertz CT molecular complexity index is 460. The maximum atomic E-state index is 11.4. The summed E-state index contributed by atoms with van der Waals surface area (Å²) >= 11 is 0. The maximum Gasteiger partial charge on any atom is 0.158 e. The van der Waals surface area contributed by atoms with Gasteiger partial charge in [0.15, 0.2) is 5.78 Å². The Kier molecular flexibility index (Phi) is 3.32. The molecule has 1 aliphatic carbocycles. The number of aryl methyl sites for hydroxylation is 1. The van der Waals surface area contributed by atoms with E-state index in [9.17, 15) is 4.79 Å². The monoisotopic (exact) mass is 230 g/mol. The van der Waals surface area contributed by atoms with E-state index in [1.54, 1.807) is 7.11 Å².